The van der Waals surface area contributed by atoms with Crippen molar-refractivity contribution in [1.29, 1.82) is 0 Å². The predicted octanol–water partition coefficient (Wildman–Crippen LogP) is 3.58. The van der Waals surface area contributed by atoms with Crippen LogP contribution in [0.3, 0.4) is 0 Å². The molecule has 3 heteroatoms. The average molecular weight is 305 g/mol. The van der Waals surface area contributed by atoms with Crippen LogP contribution in [0.4, 0.5) is 0 Å². The van der Waals surface area contributed by atoms with Crippen molar-refractivity contribution >= 4 is 5.91 Å². The fourth-order valence-electron chi connectivity index (χ4n) is 4.41. The van der Waals surface area contributed by atoms with E-state index < -0.39 is 0 Å². The summed E-state index contributed by atoms with van der Waals surface area (Å²) in [5.74, 6) is 0.978. The molecule has 0 aromatic heterocycles. The maximum absolute atomic E-state index is 12.7. The molecule has 1 saturated heterocycles. The first-order valence-electron chi connectivity index (χ1n) is 8.58. The number of likely N-dealkylation sites (tertiary alicyclic amines) is 1. The van der Waals surface area contributed by atoms with E-state index in [0.29, 0.717) is 5.54 Å². The van der Waals surface area contributed by atoms with Crippen molar-refractivity contribution in [1.82, 2.24) is 4.90 Å². The van der Waals surface area contributed by atoms with E-state index >= 15 is 0 Å². The number of likely N-dealkylation sites (N-methyl/N-ethyl adjacent to an activating group) is 1. The number of nitrogens with zero attached hydrogens (tertiary/aromatic N) is 2. The largest absolute Gasteiger partial charge is 0.320 e. The maximum Gasteiger partial charge on any atom is 0.233 e. The number of hydrogen-bond donors (Lipinski definition) is 0. The van der Waals surface area contributed by atoms with Gasteiger partial charge in [0.25, 0.3) is 0 Å². The van der Waals surface area contributed by atoms with Crippen LogP contribution in [0.1, 0.15) is 48.0 Å². The van der Waals surface area contributed by atoms with Crippen molar-refractivity contribution < 1.29 is 9.28 Å². The minimum absolute atomic E-state index is 0.0236. The Hall–Kier alpha value is -1.09. The lowest BCUT2D eigenvalue weighted by molar-refractivity contribution is -0.942. The molecule has 0 aromatic carbocycles. The topological polar surface area (TPSA) is 20.3 Å². The first-order chi connectivity index (χ1) is 10.1. The van der Waals surface area contributed by atoms with Crippen LogP contribution in [0.5, 0.6) is 0 Å². The highest BCUT2D eigenvalue weighted by Crippen LogP contribution is 2.38. The van der Waals surface area contributed by atoms with Gasteiger partial charge in [-0.05, 0) is 33.8 Å². The van der Waals surface area contributed by atoms with Gasteiger partial charge in [0, 0.05) is 18.0 Å². The molecule has 0 saturated carbocycles. The molecule has 2 aliphatic rings. The van der Waals surface area contributed by atoms with Gasteiger partial charge in [0.1, 0.15) is 0 Å². The highest BCUT2D eigenvalue weighted by molar-refractivity contribution is 5.82. The zero-order chi connectivity index (χ0) is 16.7. The lowest BCUT2D eigenvalue weighted by Gasteiger charge is -2.43. The molecule has 2 rings (SSSR count). The minimum atomic E-state index is -0.0236. The molecule has 2 aliphatic heterocycles. The molecule has 3 nitrogen and oxygen atoms in total. The number of rotatable bonds is 3. The van der Waals surface area contributed by atoms with Crippen molar-refractivity contribution in [2.75, 3.05) is 26.7 Å². The Bertz CT molecular complexity index is 518. The number of quaternary nitrogens is 1. The number of carbonyl (C=O) groups excluding carboxylic acids is 1. The summed E-state index contributed by atoms with van der Waals surface area (Å²) in [5, 5.41) is 0. The van der Waals surface area contributed by atoms with Gasteiger partial charge in [0.2, 0.25) is 5.91 Å². The summed E-state index contributed by atoms with van der Waals surface area (Å²) in [4.78, 5) is 14.7. The van der Waals surface area contributed by atoms with E-state index in [1.165, 1.54) is 18.5 Å². The van der Waals surface area contributed by atoms with Crippen molar-refractivity contribution in [2.24, 2.45) is 11.8 Å². The molecule has 22 heavy (non-hydrogen) atoms. The van der Waals surface area contributed by atoms with Gasteiger partial charge in [0.05, 0.1) is 38.1 Å². The van der Waals surface area contributed by atoms with Gasteiger partial charge < -0.3 is 9.38 Å². The molecular weight excluding hydrogens is 272 g/mol. The third-order valence-electron chi connectivity index (χ3n) is 5.87. The molecule has 0 aliphatic carbocycles. The Balaban J connectivity index is 2.14. The van der Waals surface area contributed by atoms with Gasteiger partial charge in [-0.2, -0.15) is 0 Å². The normalized spacial score (nSPS) is 35.2. The van der Waals surface area contributed by atoms with E-state index in [1.54, 1.807) is 0 Å². The van der Waals surface area contributed by atoms with Crippen LogP contribution < -0.4 is 0 Å². The summed E-state index contributed by atoms with van der Waals surface area (Å²) in [6, 6.07) is 0. The van der Waals surface area contributed by atoms with E-state index in [0.717, 1.165) is 29.2 Å². The first-order valence-corrected chi connectivity index (χ1v) is 8.58. The Labute approximate surface area is 136 Å². The van der Waals surface area contributed by atoms with Gasteiger partial charge in [0.15, 0.2) is 0 Å². The molecule has 0 radical (unpaired) electrons. The van der Waals surface area contributed by atoms with E-state index in [2.05, 4.69) is 53.8 Å². The second kappa shape index (κ2) is 5.84. The number of carbonyl (C=O) groups is 1. The van der Waals surface area contributed by atoms with Gasteiger partial charge >= 0.3 is 0 Å². The van der Waals surface area contributed by atoms with E-state index in [1.807, 2.05) is 11.8 Å². The third kappa shape index (κ3) is 3.15. The Morgan fingerprint density at radius 1 is 1.32 bits per heavy atom. The monoisotopic (exact) mass is 305 g/mol. The first kappa shape index (κ1) is 17.3. The van der Waals surface area contributed by atoms with Crippen LogP contribution in [-0.2, 0) is 4.79 Å². The molecule has 0 bridgehead atoms. The highest BCUT2D eigenvalue weighted by Gasteiger charge is 2.48. The van der Waals surface area contributed by atoms with Gasteiger partial charge in [-0.15, -0.1) is 0 Å². The molecule has 124 valence electrons. The van der Waals surface area contributed by atoms with Crippen molar-refractivity contribution in [3.05, 3.63) is 23.4 Å². The summed E-state index contributed by atoms with van der Waals surface area (Å²) in [6.45, 7) is 16.3. The molecule has 0 spiro atoms. The summed E-state index contributed by atoms with van der Waals surface area (Å²) >= 11 is 0. The second-order valence-electron chi connectivity index (χ2n) is 8.40. The molecular formula is C19H33N2O+. The van der Waals surface area contributed by atoms with E-state index in [4.69, 9.17) is 0 Å². The number of hydrogen-bond acceptors (Lipinski definition) is 1. The average Bonchev–Trinajstić information content (AvgIpc) is 2.50. The molecule has 1 amide bonds. The molecule has 1 fully saturated rings. The smallest absolute Gasteiger partial charge is 0.233 e. The Morgan fingerprint density at radius 2 is 1.95 bits per heavy atom. The lowest BCUT2D eigenvalue weighted by Crippen LogP contribution is -2.57. The van der Waals surface area contributed by atoms with Gasteiger partial charge in [-0.3, -0.25) is 4.79 Å². The number of amides is 1. The standard InChI is InChI=1S/C19H33N2O/c1-14-10-16(3)18(22)20(17(4)11-14)8-9-21(7)13-15(2)12-19(21,5)6/h10-11,15-16H,8-9,12-13H2,1-7H3/q+1/t15-,16+,21+/m1/s1. The highest BCUT2D eigenvalue weighted by atomic mass is 16.2. The van der Waals surface area contributed by atoms with E-state index in [-0.39, 0.29) is 11.8 Å². The Morgan fingerprint density at radius 3 is 2.50 bits per heavy atom. The summed E-state index contributed by atoms with van der Waals surface area (Å²) in [5.41, 5.74) is 2.57. The van der Waals surface area contributed by atoms with Crippen LogP contribution in [0.25, 0.3) is 0 Å². The Kier molecular flexibility index (Phi) is 4.59. The van der Waals surface area contributed by atoms with Crippen LogP contribution >= 0.6 is 0 Å². The zero-order valence-corrected chi connectivity index (χ0v) is 15.4. The van der Waals surface area contributed by atoms with Crippen molar-refractivity contribution in [2.45, 2.75) is 53.5 Å². The summed E-state index contributed by atoms with van der Waals surface area (Å²) in [7, 11) is 2.36. The molecule has 0 N–H and O–H groups in total. The fourth-order valence-corrected chi connectivity index (χ4v) is 4.41. The minimum Gasteiger partial charge on any atom is -0.320 e. The van der Waals surface area contributed by atoms with Crippen LogP contribution in [0.2, 0.25) is 0 Å². The quantitative estimate of drug-likeness (QED) is 0.730. The van der Waals surface area contributed by atoms with Crippen LogP contribution in [-0.4, -0.2) is 47.5 Å². The second-order valence-corrected chi connectivity index (χ2v) is 8.40. The van der Waals surface area contributed by atoms with Crippen molar-refractivity contribution in [3.8, 4) is 0 Å². The van der Waals surface area contributed by atoms with Crippen LogP contribution in [0.15, 0.2) is 23.4 Å². The number of allylic oxidation sites excluding steroid dienone is 3. The van der Waals surface area contributed by atoms with Gasteiger partial charge in [-0.25, -0.2) is 0 Å². The lowest BCUT2D eigenvalue weighted by atomic mass is 9.96. The van der Waals surface area contributed by atoms with Gasteiger partial charge in [-0.1, -0.05) is 25.5 Å². The SMILES string of the molecule is CC1=C[C@H](C)C(=O)N(CC[N@@+]2(C)C[C@H](C)CC2(C)C)C(C)=C1. The molecule has 2 heterocycles. The van der Waals surface area contributed by atoms with Crippen molar-refractivity contribution in [3.63, 3.8) is 0 Å². The molecule has 0 unspecified atom stereocenters. The third-order valence-corrected chi connectivity index (χ3v) is 5.87. The maximum atomic E-state index is 12.7. The summed E-state index contributed by atoms with van der Waals surface area (Å²) in [6.07, 6.45) is 5.48. The summed E-state index contributed by atoms with van der Waals surface area (Å²) < 4.78 is 1.06. The fraction of sp³-hybridized carbons (Fsp3) is 0.737. The zero-order valence-electron chi connectivity index (χ0n) is 15.4. The molecule has 0 aromatic rings. The van der Waals surface area contributed by atoms with E-state index in [9.17, 15) is 4.79 Å². The molecule has 3 atom stereocenters. The predicted molar refractivity (Wildman–Crippen MR) is 92.2 cm³/mol. The van der Waals surface area contributed by atoms with Crippen LogP contribution in [0, 0.1) is 11.8 Å².